The van der Waals surface area contributed by atoms with E-state index in [1.54, 1.807) is 0 Å². The predicted octanol–water partition coefficient (Wildman–Crippen LogP) is 1.08. The van der Waals surface area contributed by atoms with Crippen LogP contribution in [0.5, 0.6) is 0 Å². The number of carbonyl (C=O) groups is 1. The summed E-state index contributed by atoms with van der Waals surface area (Å²) in [5, 5.41) is 8.51. The van der Waals surface area contributed by atoms with E-state index >= 15 is 0 Å². The van der Waals surface area contributed by atoms with Crippen molar-refractivity contribution in [2.24, 2.45) is 23.5 Å². The lowest BCUT2D eigenvalue weighted by atomic mass is 9.68. The monoisotopic (exact) mass is 171 g/mol. The van der Waals surface area contributed by atoms with Crippen molar-refractivity contribution < 1.29 is 9.90 Å². The Morgan fingerprint density at radius 1 is 1.67 bits per heavy atom. The van der Waals surface area contributed by atoms with Crippen LogP contribution in [0.3, 0.4) is 0 Å². The third-order valence-electron chi connectivity index (χ3n) is 2.91. The van der Waals surface area contributed by atoms with Gasteiger partial charge >= 0.3 is 5.97 Å². The first kappa shape index (κ1) is 9.52. The van der Waals surface area contributed by atoms with Crippen molar-refractivity contribution in [2.75, 3.05) is 6.54 Å². The minimum Gasteiger partial charge on any atom is -0.481 e. The molecule has 0 heterocycles. The Balaban J connectivity index is 2.15. The molecule has 3 heteroatoms. The molecule has 0 aromatic heterocycles. The lowest BCUT2D eigenvalue weighted by Gasteiger charge is -2.38. The standard InChI is InChI=1S/C9H17NO2/c1-6(5-10)8-2-7(3-8)4-9(11)12/h6-8H,2-5,10H2,1H3,(H,11,12). The fraction of sp³-hybridized carbons (Fsp3) is 0.889. The van der Waals surface area contributed by atoms with Crippen molar-refractivity contribution in [2.45, 2.75) is 26.2 Å². The quantitative estimate of drug-likeness (QED) is 0.665. The molecule has 0 radical (unpaired) electrons. The minimum atomic E-state index is -0.668. The van der Waals surface area contributed by atoms with Gasteiger partial charge in [0.2, 0.25) is 0 Å². The molecule has 12 heavy (non-hydrogen) atoms. The SMILES string of the molecule is CC(CN)C1CC(CC(=O)O)C1. The Hall–Kier alpha value is -0.570. The van der Waals surface area contributed by atoms with E-state index in [1.807, 2.05) is 0 Å². The molecule has 1 saturated carbocycles. The van der Waals surface area contributed by atoms with Gasteiger partial charge < -0.3 is 10.8 Å². The Labute approximate surface area is 72.9 Å². The van der Waals surface area contributed by atoms with Gasteiger partial charge in [-0.3, -0.25) is 4.79 Å². The zero-order valence-corrected chi connectivity index (χ0v) is 7.49. The molecule has 1 aliphatic rings. The topological polar surface area (TPSA) is 63.3 Å². The van der Waals surface area contributed by atoms with Gasteiger partial charge in [0.05, 0.1) is 0 Å². The zero-order valence-electron chi connectivity index (χ0n) is 7.49. The van der Waals surface area contributed by atoms with Crippen LogP contribution < -0.4 is 5.73 Å². The van der Waals surface area contributed by atoms with Gasteiger partial charge in [0.1, 0.15) is 0 Å². The van der Waals surface area contributed by atoms with Gasteiger partial charge in [-0.05, 0) is 37.1 Å². The number of nitrogens with two attached hydrogens (primary N) is 1. The van der Waals surface area contributed by atoms with Crippen LogP contribution >= 0.6 is 0 Å². The van der Waals surface area contributed by atoms with Crippen LogP contribution in [0, 0.1) is 17.8 Å². The van der Waals surface area contributed by atoms with E-state index < -0.39 is 5.97 Å². The van der Waals surface area contributed by atoms with Crippen LogP contribution in [-0.4, -0.2) is 17.6 Å². The molecule has 70 valence electrons. The molecule has 1 unspecified atom stereocenters. The van der Waals surface area contributed by atoms with E-state index in [-0.39, 0.29) is 0 Å². The second kappa shape index (κ2) is 3.90. The molecule has 3 N–H and O–H groups in total. The van der Waals surface area contributed by atoms with Gasteiger partial charge in [0, 0.05) is 6.42 Å². The third-order valence-corrected chi connectivity index (χ3v) is 2.91. The molecule has 0 aliphatic heterocycles. The van der Waals surface area contributed by atoms with E-state index in [1.165, 1.54) is 0 Å². The van der Waals surface area contributed by atoms with Gasteiger partial charge in [-0.25, -0.2) is 0 Å². The number of aliphatic carboxylic acids is 1. The van der Waals surface area contributed by atoms with E-state index in [9.17, 15) is 4.79 Å². The molecular weight excluding hydrogens is 154 g/mol. The minimum absolute atomic E-state index is 0.341. The highest BCUT2D eigenvalue weighted by molar-refractivity contribution is 5.67. The van der Waals surface area contributed by atoms with Crippen molar-refractivity contribution in [3.63, 3.8) is 0 Å². The van der Waals surface area contributed by atoms with Crippen molar-refractivity contribution in [1.82, 2.24) is 0 Å². The van der Waals surface area contributed by atoms with Crippen LogP contribution in [0.1, 0.15) is 26.2 Å². The highest BCUT2D eigenvalue weighted by Crippen LogP contribution is 2.40. The normalized spacial score (nSPS) is 30.8. The third kappa shape index (κ3) is 2.21. The first-order chi connectivity index (χ1) is 5.63. The zero-order chi connectivity index (χ0) is 9.14. The highest BCUT2D eigenvalue weighted by Gasteiger charge is 2.33. The molecule has 3 nitrogen and oxygen atoms in total. The summed E-state index contributed by atoms with van der Waals surface area (Å²) in [6.07, 6.45) is 2.46. The largest absolute Gasteiger partial charge is 0.481 e. The molecule has 0 bridgehead atoms. The molecule has 0 spiro atoms. The molecule has 1 fully saturated rings. The summed E-state index contributed by atoms with van der Waals surface area (Å²) in [4.78, 5) is 10.3. The number of hydrogen-bond acceptors (Lipinski definition) is 2. The molecule has 1 aliphatic carbocycles. The highest BCUT2D eigenvalue weighted by atomic mass is 16.4. The number of hydrogen-bond donors (Lipinski definition) is 2. The van der Waals surface area contributed by atoms with Gasteiger partial charge in [-0.2, -0.15) is 0 Å². The summed E-state index contributed by atoms with van der Waals surface area (Å²) in [5.41, 5.74) is 5.51. The van der Waals surface area contributed by atoms with E-state index in [4.69, 9.17) is 10.8 Å². The van der Waals surface area contributed by atoms with E-state index in [0.717, 1.165) is 19.4 Å². The fourth-order valence-electron chi connectivity index (χ4n) is 1.86. The fourth-order valence-corrected chi connectivity index (χ4v) is 1.86. The van der Waals surface area contributed by atoms with Crippen LogP contribution in [0.2, 0.25) is 0 Å². The van der Waals surface area contributed by atoms with Crippen molar-refractivity contribution >= 4 is 5.97 Å². The van der Waals surface area contributed by atoms with Gasteiger partial charge in [-0.1, -0.05) is 6.92 Å². The van der Waals surface area contributed by atoms with E-state index in [2.05, 4.69) is 6.92 Å². The maximum Gasteiger partial charge on any atom is 0.303 e. The van der Waals surface area contributed by atoms with Gasteiger partial charge in [0.25, 0.3) is 0 Å². The number of rotatable bonds is 4. The van der Waals surface area contributed by atoms with Crippen LogP contribution in [0.15, 0.2) is 0 Å². The van der Waals surface area contributed by atoms with Crippen molar-refractivity contribution in [1.29, 1.82) is 0 Å². The van der Waals surface area contributed by atoms with Gasteiger partial charge in [0.15, 0.2) is 0 Å². The first-order valence-electron chi connectivity index (χ1n) is 4.55. The summed E-state index contributed by atoms with van der Waals surface area (Å²) in [6.45, 7) is 2.87. The molecule has 0 amide bonds. The van der Waals surface area contributed by atoms with Crippen LogP contribution in [0.4, 0.5) is 0 Å². The maximum atomic E-state index is 10.3. The average molecular weight is 171 g/mol. The van der Waals surface area contributed by atoms with Crippen LogP contribution in [-0.2, 0) is 4.79 Å². The Bertz CT molecular complexity index is 164. The summed E-state index contributed by atoms with van der Waals surface area (Å²) in [7, 11) is 0. The average Bonchev–Trinajstić information content (AvgIpc) is 1.94. The summed E-state index contributed by atoms with van der Waals surface area (Å²) in [6, 6.07) is 0. The summed E-state index contributed by atoms with van der Waals surface area (Å²) >= 11 is 0. The van der Waals surface area contributed by atoms with E-state index in [0.29, 0.717) is 24.2 Å². The molecule has 0 saturated heterocycles. The molecule has 0 aromatic carbocycles. The lowest BCUT2D eigenvalue weighted by Crippen LogP contribution is -2.33. The van der Waals surface area contributed by atoms with Gasteiger partial charge in [-0.15, -0.1) is 0 Å². The Morgan fingerprint density at radius 2 is 2.25 bits per heavy atom. The molecule has 1 rings (SSSR count). The Kier molecular flexibility index (Phi) is 3.09. The first-order valence-corrected chi connectivity index (χ1v) is 4.55. The summed E-state index contributed by atoms with van der Waals surface area (Å²) < 4.78 is 0. The maximum absolute atomic E-state index is 10.3. The van der Waals surface area contributed by atoms with Crippen molar-refractivity contribution in [3.05, 3.63) is 0 Å². The predicted molar refractivity (Wildman–Crippen MR) is 46.7 cm³/mol. The molecule has 1 atom stereocenters. The molecule has 0 aromatic rings. The lowest BCUT2D eigenvalue weighted by molar-refractivity contribution is -0.139. The number of carboxylic acids is 1. The second-order valence-corrected chi connectivity index (χ2v) is 3.91. The van der Waals surface area contributed by atoms with Crippen LogP contribution in [0.25, 0.3) is 0 Å². The number of carboxylic acid groups (broad SMARTS) is 1. The molecular formula is C9H17NO2. The second-order valence-electron chi connectivity index (χ2n) is 3.91. The summed E-state index contributed by atoms with van der Waals surface area (Å²) in [5.74, 6) is 0.995. The van der Waals surface area contributed by atoms with Crippen molar-refractivity contribution in [3.8, 4) is 0 Å². The smallest absolute Gasteiger partial charge is 0.303 e. The Morgan fingerprint density at radius 3 is 2.67 bits per heavy atom.